The number of ketones is 1. The van der Waals surface area contributed by atoms with Crippen LogP contribution in [-0.4, -0.2) is 75.1 Å². The van der Waals surface area contributed by atoms with Crippen LogP contribution in [0.3, 0.4) is 0 Å². The number of hydrogen-bond donors (Lipinski definition) is 2. The second kappa shape index (κ2) is 11.3. The smallest absolute Gasteiger partial charge is 0.240 e. The molecular weight excluding hydrogens is 463 g/mol. The van der Waals surface area contributed by atoms with Gasteiger partial charge in [-0.2, -0.15) is 0 Å². The Bertz CT molecular complexity index is 1150. The molecule has 1 fully saturated rings. The fraction of sp³-hybridized carbons (Fsp3) is 0.348. The van der Waals surface area contributed by atoms with E-state index in [2.05, 4.69) is 10.0 Å². The van der Waals surface area contributed by atoms with Crippen LogP contribution in [0.25, 0.3) is 0 Å². The molecule has 0 bridgehead atoms. The van der Waals surface area contributed by atoms with Crippen molar-refractivity contribution in [1.82, 2.24) is 14.5 Å². The maximum Gasteiger partial charge on any atom is 0.240 e. The van der Waals surface area contributed by atoms with Gasteiger partial charge < -0.3 is 10.2 Å². The Kier molecular flexibility index (Phi) is 8.48. The number of hydrogen-bond acceptors (Lipinski definition) is 6. The third-order valence-electron chi connectivity index (χ3n) is 5.40. The molecule has 3 rings (SSSR count). The van der Waals surface area contributed by atoms with Crippen molar-refractivity contribution >= 4 is 33.3 Å². The van der Waals surface area contributed by atoms with Gasteiger partial charge in [-0.15, -0.1) is 0 Å². The Morgan fingerprint density at radius 1 is 1.00 bits per heavy atom. The van der Waals surface area contributed by atoms with Gasteiger partial charge >= 0.3 is 0 Å². The van der Waals surface area contributed by atoms with E-state index < -0.39 is 15.8 Å². The molecule has 0 radical (unpaired) electrons. The Morgan fingerprint density at radius 3 is 2.29 bits per heavy atom. The van der Waals surface area contributed by atoms with Gasteiger partial charge in [-0.1, -0.05) is 18.2 Å². The van der Waals surface area contributed by atoms with E-state index in [0.29, 0.717) is 37.4 Å². The maximum atomic E-state index is 13.2. The summed E-state index contributed by atoms with van der Waals surface area (Å²) in [6, 6.07) is 11.2. The number of anilines is 1. The Labute approximate surface area is 198 Å². The number of sulfonamides is 1. The van der Waals surface area contributed by atoms with Gasteiger partial charge in [-0.25, -0.2) is 17.5 Å². The van der Waals surface area contributed by atoms with E-state index in [1.807, 2.05) is 4.90 Å². The number of benzene rings is 2. The molecule has 34 heavy (non-hydrogen) atoms. The third kappa shape index (κ3) is 7.17. The van der Waals surface area contributed by atoms with Gasteiger partial charge in [-0.3, -0.25) is 19.3 Å². The van der Waals surface area contributed by atoms with E-state index >= 15 is 0 Å². The van der Waals surface area contributed by atoms with Crippen molar-refractivity contribution in [1.29, 1.82) is 0 Å². The molecule has 2 aromatic carbocycles. The minimum Gasteiger partial charge on any atom is -0.340 e. The van der Waals surface area contributed by atoms with Crippen LogP contribution in [0.2, 0.25) is 0 Å². The van der Waals surface area contributed by atoms with Crippen molar-refractivity contribution < 1.29 is 27.2 Å². The third-order valence-corrected chi connectivity index (χ3v) is 6.88. The van der Waals surface area contributed by atoms with Gasteiger partial charge in [0.15, 0.2) is 5.78 Å². The van der Waals surface area contributed by atoms with E-state index in [4.69, 9.17) is 0 Å². The lowest BCUT2D eigenvalue weighted by Gasteiger charge is -2.34. The number of rotatable bonds is 9. The second-order valence-corrected chi connectivity index (χ2v) is 9.71. The van der Waals surface area contributed by atoms with E-state index in [1.54, 1.807) is 11.0 Å². The summed E-state index contributed by atoms with van der Waals surface area (Å²) >= 11 is 0. The van der Waals surface area contributed by atoms with Gasteiger partial charge in [0.05, 0.1) is 11.4 Å². The quantitative estimate of drug-likeness (QED) is 0.515. The fourth-order valence-electron chi connectivity index (χ4n) is 3.53. The van der Waals surface area contributed by atoms with Crippen LogP contribution in [0.15, 0.2) is 53.4 Å². The number of piperazine rings is 1. The summed E-state index contributed by atoms with van der Waals surface area (Å²) < 4.78 is 40.4. The second-order valence-electron chi connectivity index (χ2n) is 7.94. The Morgan fingerprint density at radius 2 is 1.68 bits per heavy atom. The van der Waals surface area contributed by atoms with Crippen LogP contribution in [-0.2, 0) is 19.6 Å². The average molecular weight is 491 g/mol. The molecule has 1 aliphatic heterocycles. The molecule has 0 aliphatic carbocycles. The number of nitrogens with one attached hydrogen (secondary N) is 2. The van der Waals surface area contributed by atoms with Crippen molar-refractivity contribution in [3.05, 3.63) is 59.9 Å². The van der Waals surface area contributed by atoms with Gasteiger partial charge in [0.2, 0.25) is 21.8 Å². The van der Waals surface area contributed by atoms with Crippen molar-refractivity contribution in [3.8, 4) is 0 Å². The molecule has 0 atom stereocenters. The number of amides is 2. The standard InChI is InChI=1S/C23H27FN4O5S/c1-17(29)18-5-7-21(8-6-18)34(32,33)25-10-9-23(31)28-13-11-27(12-14-28)16-22(30)26-20-4-2-3-19(24)15-20/h2-8,15,25H,9-14,16H2,1H3,(H,26,30). The number of Topliss-reactive ketones (excluding diaryl/α,β-unsaturated/α-hetero) is 1. The molecule has 9 nitrogen and oxygen atoms in total. The van der Waals surface area contributed by atoms with E-state index in [-0.39, 0.29) is 42.0 Å². The van der Waals surface area contributed by atoms with Crippen LogP contribution in [0, 0.1) is 5.82 Å². The maximum absolute atomic E-state index is 13.2. The molecule has 1 heterocycles. The highest BCUT2D eigenvalue weighted by molar-refractivity contribution is 7.89. The molecule has 0 aromatic heterocycles. The predicted octanol–water partition coefficient (Wildman–Crippen LogP) is 1.48. The highest BCUT2D eigenvalue weighted by Gasteiger charge is 2.23. The molecule has 2 amide bonds. The normalized spacial score (nSPS) is 14.6. The molecule has 2 aromatic rings. The summed E-state index contributed by atoms with van der Waals surface area (Å²) in [5, 5.41) is 2.65. The summed E-state index contributed by atoms with van der Waals surface area (Å²) in [6.45, 7) is 3.31. The minimum atomic E-state index is -3.79. The zero-order valence-electron chi connectivity index (χ0n) is 18.8. The summed E-state index contributed by atoms with van der Waals surface area (Å²) in [5.74, 6) is -1.04. The Hall–Kier alpha value is -3.15. The molecular formula is C23H27FN4O5S. The van der Waals surface area contributed by atoms with Crippen molar-refractivity contribution in [3.63, 3.8) is 0 Å². The first-order valence-corrected chi connectivity index (χ1v) is 12.3. The zero-order chi connectivity index (χ0) is 24.7. The summed E-state index contributed by atoms with van der Waals surface area (Å²) in [5.41, 5.74) is 0.802. The first kappa shape index (κ1) is 25.5. The number of carbonyl (C=O) groups excluding carboxylic acids is 3. The summed E-state index contributed by atoms with van der Waals surface area (Å²) in [7, 11) is -3.79. The molecule has 2 N–H and O–H groups in total. The topological polar surface area (TPSA) is 116 Å². The first-order chi connectivity index (χ1) is 16.1. The fourth-order valence-corrected chi connectivity index (χ4v) is 4.56. The molecule has 11 heteroatoms. The first-order valence-electron chi connectivity index (χ1n) is 10.8. The van der Waals surface area contributed by atoms with Crippen molar-refractivity contribution in [2.75, 3.05) is 44.6 Å². The minimum absolute atomic E-state index is 0.00478. The molecule has 1 saturated heterocycles. The van der Waals surface area contributed by atoms with Crippen LogP contribution in [0.1, 0.15) is 23.7 Å². The zero-order valence-corrected chi connectivity index (χ0v) is 19.6. The van der Waals surface area contributed by atoms with Gasteiger partial charge in [0.25, 0.3) is 0 Å². The number of carbonyl (C=O) groups is 3. The van der Waals surface area contributed by atoms with Crippen molar-refractivity contribution in [2.24, 2.45) is 0 Å². The van der Waals surface area contributed by atoms with E-state index in [9.17, 15) is 27.2 Å². The van der Waals surface area contributed by atoms with Gasteiger partial charge in [0.1, 0.15) is 5.82 Å². The Balaban J connectivity index is 1.39. The largest absolute Gasteiger partial charge is 0.340 e. The van der Waals surface area contributed by atoms with Gasteiger partial charge in [-0.05, 0) is 37.3 Å². The number of nitrogens with zero attached hydrogens (tertiary/aromatic N) is 2. The van der Waals surface area contributed by atoms with Crippen molar-refractivity contribution in [2.45, 2.75) is 18.2 Å². The SMILES string of the molecule is CC(=O)c1ccc(S(=O)(=O)NCCC(=O)N2CCN(CC(=O)Nc3cccc(F)c3)CC2)cc1. The van der Waals surface area contributed by atoms with E-state index in [1.165, 1.54) is 49.4 Å². The lowest BCUT2D eigenvalue weighted by molar-refractivity contribution is -0.132. The van der Waals surface area contributed by atoms with Crippen LogP contribution in [0.4, 0.5) is 10.1 Å². The van der Waals surface area contributed by atoms with Crippen LogP contribution < -0.4 is 10.0 Å². The molecule has 0 saturated carbocycles. The monoisotopic (exact) mass is 490 g/mol. The summed E-state index contributed by atoms with van der Waals surface area (Å²) in [6.07, 6.45) is 0.00478. The average Bonchev–Trinajstić information content (AvgIpc) is 2.79. The predicted molar refractivity (Wildman–Crippen MR) is 124 cm³/mol. The molecule has 182 valence electrons. The number of halogens is 1. The van der Waals surface area contributed by atoms with Gasteiger partial charge in [0, 0.05) is 50.4 Å². The highest BCUT2D eigenvalue weighted by Crippen LogP contribution is 2.12. The van der Waals surface area contributed by atoms with E-state index in [0.717, 1.165) is 0 Å². The molecule has 0 unspecified atom stereocenters. The molecule has 0 spiro atoms. The lowest BCUT2D eigenvalue weighted by Crippen LogP contribution is -2.50. The molecule has 1 aliphatic rings. The van der Waals surface area contributed by atoms with Crippen LogP contribution >= 0.6 is 0 Å². The highest BCUT2D eigenvalue weighted by atomic mass is 32.2. The lowest BCUT2D eigenvalue weighted by atomic mass is 10.2. The summed E-state index contributed by atoms with van der Waals surface area (Å²) in [4.78, 5) is 39.5. The van der Waals surface area contributed by atoms with Crippen LogP contribution in [0.5, 0.6) is 0 Å².